The number of carboxylic acids is 1. The van der Waals surface area contributed by atoms with E-state index in [1.165, 1.54) is 12.1 Å². The Balaban J connectivity index is 2.83. The maximum absolute atomic E-state index is 10.8. The number of unbranched alkanes of at least 4 members (excludes halogenated alkanes) is 1. The molecule has 0 atom stereocenters. The molecule has 3 N–H and O–H groups in total. The number of carboxylic acid groups (broad SMARTS) is 1. The first-order valence-electron chi connectivity index (χ1n) is 5.42. The zero-order chi connectivity index (χ0) is 13.5. The Morgan fingerprint density at radius 3 is 2.67 bits per heavy atom. The minimum atomic E-state index is -1.20. The number of nitro groups is 1. The number of aliphatic hydroxyl groups is 1. The van der Waals surface area contributed by atoms with Crippen LogP contribution in [0.3, 0.4) is 0 Å². The number of nitrogens with one attached hydrogen (secondary N) is 1. The number of rotatable bonds is 7. The third-order valence-electron chi connectivity index (χ3n) is 2.34. The third-order valence-corrected chi connectivity index (χ3v) is 2.34. The summed E-state index contributed by atoms with van der Waals surface area (Å²) in [6, 6.07) is 3.71. The van der Waals surface area contributed by atoms with Crippen molar-refractivity contribution in [3.05, 3.63) is 33.9 Å². The van der Waals surface area contributed by atoms with Gasteiger partial charge in [0.25, 0.3) is 5.69 Å². The number of aliphatic hydroxyl groups excluding tert-OH is 1. The SMILES string of the molecule is O=C(O)c1ccc(NCCCCO)c([N+](=O)[O-])c1. The number of benzene rings is 1. The predicted octanol–water partition coefficient (Wildman–Crippen LogP) is 1.48. The lowest BCUT2D eigenvalue weighted by Gasteiger charge is -2.07. The first-order valence-corrected chi connectivity index (χ1v) is 5.42. The average Bonchev–Trinajstić information content (AvgIpc) is 2.34. The first-order chi connectivity index (χ1) is 8.56. The molecule has 7 nitrogen and oxygen atoms in total. The molecule has 0 aliphatic carbocycles. The van der Waals surface area contributed by atoms with Gasteiger partial charge in [0.15, 0.2) is 0 Å². The van der Waals surface area contributed by atoms with E-state index in [4.69, 9.17) is 10.2 Å². The number of hydrogen-bond donors (Lipinski definition) is 3. The van der Waals surface area contributed by atoms with E-state index in [-0.39, 0.29) is 23.5 Å². The molecule has 0 spiro atoms. The minimum Gasteiger partial charge on any atom is -0.478 e. The molecule has 0 saturated carbocycles. The number of nitro benzene ring substituents is 1. The van der Waals surface area contributed by atoms with Crippen LogP contribution in [0.1, 0.15) is 23.2 Å². The summed E-state index contributed by atoms with van der Waals surface area (Å²) in [7, 11) is 0. The number of aromatic carboxylic acids is 1. The van der Waals surface area contributed by atoms with Crippen molar-refractivity contribution in [3.8, 4) is 0 Å². The summed E-state index contributed by atoms with van der Waals surface area (Å²) >= 11 is 0. The van der Waals surface area contributed by atoms with Crippen LogP contribution in [0.5, 0.6) is 0 Å². The molecule has 18 heavy (non-hydrogen) atoms. The molecular formula is C11H14N2O5. The van der Waals surface area contributed by atoms with E-state index in [0.29, 0.717) is 19.4 Å². The zero-order valence-electron chi connectivity index (χ0n) is 9.63. The Bertz CT molecular complexity index is 447. The van der Waals surface area contributed by atoms with Crippen LogP contribution in [0.15, 0.2) is 18.2 Å². The lowest BCUT2D eigenvalue weighted by Crippen LogP contribution is -2.06. The van der Waals surface area contributed by atoms with Crippen LogP contribution in [-0.4, -0.2) is 34.3 Å². The summed E-state index contributed by atoms with van der Waals surface area (Å²) in [6.45, 7) is 0.551. The molecular weight excluding hydrogens is 240 g/mol. The van der Waals surface area contributed by atoms with Crippen molar-refractivity contribution < 1.29 is 19.9 Å². The standard InChI is InChI=1S/C11H14N2O5/c14-6-2-1-5-12-9-4-3-8(11(15)16)7-10(9)13(17)18/h3-4,7,12,14H,1-2,5-6H2,(H,15,16). The van der Waals surface area contributed by atoms with E-state index in [1.807, 2.05) is 0 Å². The fourth-order valence-corrected chi connectivity index (χ4v) is 1.43. The Morgan fingerprint density at radius 1 is 1.39 bits per heavy atom. The van der Waals surface area contributed by atoms with Gasteiger partial charge >= 0.3 is 5.97 Å². The molecule has 1 aromatic carbocycles. The molecule has 0 fully saturated rings. The molecule has 0 unspecified atom stereocenters. The second-order valence-corrected chi connectivity index (χ2v) is 3.65. The number of carbonyl (C=O) groups is 1. The van der Waals surface area contributed by atoms with E-state index < -0.39 is 10.9 Å². The van der Waals surface area contributed by atoms with Crippen molar-refractivity contribution in [2.24, 2.45) is 0 Å². The molecule has 1 rings (SSSR count). The van der Waals surface area contributed by atoms with E-state index in [2.05, 4.69) is 5.32 Å². The van der Waals surface area contributed by atoms with Crippen molar-refractivity contribution in [3.63, 3.8) is 0 Å². The Hall–Kier alpha value is -2.15. The molecule has 7 heteroatoms. The molecule has 0 heterocycles. The van der Waals surface area contributed by atoms with Gasteiger partial charge in [-0.3, -0.25) is 10.1 Å². The van der Waals surface area contributed by atoms with Gasteiger partial charge in [0.1, 0.15) is 5.69 Å². The van der Waals surface area contributed by atoms with Gasteiger partial charge in [0.2, 0.25) is 0 Å². The van der Waals surface area contributed by atoms with Crippen molar-refractivity contribution in [1.82, 2.24) is 0 Å². The zero-order valence-corrected chi connectivity index (χ0v) is 9.63. The van der Waals surface area contributed by atoms with Gasteiger partial charge in [-0.15, -0.1) is 0 Å². The second-order valence-electron chi connectivity index (χ2n) is 3.65. The quantitative estimate of drug-likeness (QED) is 0.386. The van der Waals surface area contributed by atoms with E-state index in [1.54, 1.807) is 0 Å². The largest absolute Gasteiger partial charge is 0.478 e. The topological polar surface area (TPSA) is 113 Å². The summed E-state index contributed by atoms with van der Waals surface area (Å²) in [5.74, 6) is -1.20. The number of hydrogen-bond acceptors (Lipinski definition) is 5. The molecule has 0 bridgehead atoms. The third kappa shape index (κ3) is 3.70. The molecule has 1 aromatic rings. The normalized spacial score (nSPS) is 10.1. The van der Waals surface area contributed by atoms with Crippen LogP contribution < -0.4 is 5.32 Å². The fraction of sp³-hybridized carbons (Fsp3) is 0.364. The highest BCUT2D eigenvalue weighted by atomic mass is 16.6. The maximum atomic E-state index is 10.8. The number of anilines is 1. The van der Waals surface area contributed by atoms with Gasteiger partial charge in [0.05, 0.1) is 10.5 Å². The highest BCUT2D eigenvalue weighted by Crippen LogP contribution is 2.25. The summed E-state index contributed by atoms with van der Waals surface area (Å²) in [4.78, 5) is 20.9. The van der Waals surface area contributed by atoms with Crippen LogP contribution in [0.2, 0.25) is 0 Å². The van der Waals surface area contributed by atoms with E-state index in [0.717, 1.165) is 6.07 Å². The average molecular weight is 254 g/mol. The Morgan fingerprint density at radius 2 is 2.11 bits per heavy atom. The Kier molecular flexibility index (Phi) is 5.06. The molecule has 0 aliphatic rings. The summed E-state index contributed by atoms with van der Waals surface area (Å²) in [6.07, 6.45) is 1.28. The summed E-state index contributed by atoms with van der Waals surface area (Å²) in [5, 5.41) is 31.0. The second kappa shape index (κ2) is 6.55. The predicted molar refractivity (Wildman–Crippen MR) is 64.9 cm³/mol. The van der Waals surface area contributed by atoms with Crippen molar-refractivity contribution in [2.45, 2.75) is 12.8 Å². The maximum Gasteiger partial charge on any atom is 0.335 e. The molecule has 0 aromatic heterocycles. The lowest BCUT2D eigenvalue weighted by molar-refractivity contribution is -0.384. The molecule has 0 saturated heterocycles. The fourth-order valence-electron chi connectivity index (χ4n) is 1.43. The molecule has 98 valence electrons. The van der Waals surface area contributed by atoms with Gasteiger partial charge < -0.3 is 15.5 Å². The van der Waals surface area contributed by atoms with Gasteiger partial charge in [-0.2, -0.15) is 0 Å². The van der Waals surface area contributed by atoms with Crippen LogP contribution in [0, 0.1) is 10.1 Å². The van der Waals surface area contributed by atoms with Crippen molar-refractivity contribution >= 4 is 17.3 Å². The van der Waals surface area contributed by atoms with Crippen LogP contribution in [0.4, 0.5) is 11.4 Å². The van der Waals surface area contributed by atoms with Gasteiger partial charge in [0, 0.05) is 19.2 Å². The van der Waals surface area contributed by atoms with E-state index >= 15 is 0 Å². The van der Waals surface area contributed by atoms with Gasteiger partial charge in [-0.05, 0) is 25.0 Å². The van der Waals surface area contributed by atoms with Crippen LogP contribution >= 0.6 is 0 Å². The van der Waals surface area contributed by atoms with Crippen LogP contribution in [-0.2, 0) is 0 Å². The van der Waals surface area contributed by atoms with Gasteiger partial charge in [-0.25, -0.2) is 4.79 Å². The Labute approximate surface area is 103 Å². The molecule has 0 amide bonds. The van der Waals surface area contributed by atoms with Crippen LogP contribution in [0.25, 0.3) is 0 Å². The van der Waals surface area contributed by atoms with E-state index in [9.17, 15) is 14.9 Å². The minimum absolute atomic E-state index is 0.0712. The van der Waals surface area contributed by atoms with Crippen molar-refractivity contribution in [2.75, 3.05) is 18.5 Å². The first kappa shape index (κ1) is 13.9. The lowest BCUT2D eigenvalue weighted by atomic mass is 10.1. The van der Waals surface area contributed by atoms with Gasteiger partial charge in [-0.1, -0.05) is 0 Å². The van der Waals surface area contributed by atoms with Crippen molar-refractivity contribution in [1.29, 1.82) is 0 Å². The smallest absolute Gasteiger partial charge is 0.335 e. The summed E-state index contributed by atoms with van der Waals surface area (Å²) < 4.78 is 0. The monoisotopic (exact) mass is 254 g/mol. The highest BCUT2D eigenvalue weighted by Gasteiger charge is 2.16. The highest BCUT2D eigenvalue weighted by molar-refractivity contribution is 5.89. The molecule has 0 aliphatic heterocycles. The molecule has 0 radical (unpaired) electrons. The number of nitrogens with zero attached hydrogens (tertiary/aromatic N) is 1. The summed E-state index contributed by atoms with van der Waals surface area (Å²) in [5.41, 5.74) is -0.107.